The van der Waals surface area contributed by atoms with Gasteiger partial charge in [-0.25, -0.2) is 0 Å². The molecule has 3 saturated heterocycles. The summed E-state index contributed by atoms with van der Waals surface area (Å²) in [5.74, 6) is 0. The van der Waals surface area contributed by atoms with Crippen LogP contribution in [0.25, 0.3) is 0 Å². The predicted octanol–water partition coefficient (Wildman–Crippen LogP) is -2.81. The zero-order chi connectivity index (χ0) is 11.9. The molecule has 7 heteroatoms. The van der Waals surface area contributed by atoms with Gasteiger partial charge in [-0.15, -0.1) is 0 Å². The number of aromatic nitrogens is 1. The second kappa shape index (κ2) is 4.70. The van der Waals surface area contributed by atoms with Crippen LogP contribution in [0.5, 0.6) is 0 Å². The smallest absolute Gasteiger partial charge is 0.539 e. The molecule has 1 aromatic heterocycles. The summed E-state index contributed by atoms with van der Waals surface area (Å²) in [6.45, 7) is 1.93. The molecule has 0 amide bonds. The average molecular weight is 238 g/mol. The number of hydrogen-bond donors (Lipinski definition) is 0. The fourth-order valence-corrected chi connectivity index (χ4v) is 2.17. The summed E-state index contributed by atoms with van der Waals surface area (Å²) in [7, 11) is 0. The van der Waals surface area contributed by atoms with E-state index < -0.39 is 6.75 Å². The van der Waals surface area contributed by atoms with Crippen molar-refractivity contribution < 1.29 is 32.8 Å². The van der Waals surface area contributed by atoms with E-state index in [0.717, 1.165) is 0 Å². The molecule has 0 atom stereocenters. The van der Waals surface area contributed by atoms with E-state index in [1.54, 1.807) is 18.2 Å². The first kappa shape index (κ1) is 13.6. The number of pyridine rings is 1. The number of rotatable bonds is 1. The minimum atomic E-state index is -1.94. The Bertz CT molecular complexity index is 481. The molecule has 3 fully saturated rings. The van der Waals surface area contributed by atoms with Crippen molar-refractivity contribution in [3.8, 4) is 6.07 Å². The van der Waals surface area contributed by atoms with Gasteiger partial charge in [0.05, 0.1) is 0 Å². The zero-order valence-electron chi connectivity index (χ0n) is 10.5. The number of hydrogen-bond acceptors (Lipinski definition) is 5. The fourth-order valence-electron chi connectivity index (χ4n) is 2.17. The van der Waals surface area contributed by atoms with Crippen molar-refractivity contribution in [1.82, 2.24) is 4.98 Å². The molecule has 88 valence electrons. The molecule has 0 unspecified atom stereocenters. The van der Waals surface area contributed by atoms with Crippen LogP contribution < -0.4 is 24.5 Å². The summed E-state index contributed by atoms with van der Waals surface area (Å²) in [4.78, 5) is 4.20. The van der Waals surface area contributed by atoms with Crippen molar-refractivity contribution in [1.29, 1.82) is 5.26 Å². The van der Waals surface area contributed by atoms with Crippen LogP contribution in [0.3, 0.4) is 0 Å². The van der Waals surface area contributed by atoms with E-state index in [0.29, 0.717) is 31.1 Å². The summed E-state index contributed by atoms with van der Waals surface area (Å²) in [6.07, 6.45) is 0. The van der Waals surface area contributed by atoms with E-state index in [1.165, 1.54) is 0 Å². The summed E-state index contributed by atoms with van der Waals surface area (Å²) >= 11 is 0. The van der Waals surface area contributed by atoms with Gasteiger partial charge in [-0.1, -0.05) is 19.1 Å². The molecule has 18 heavy (non-hydrogen) atoms. The molecule has 0 aromatic carbocycles. The van der Waals surface area contributed by atoms with E-state index in [9.17, 15) is 0 Å². The quantitative estimate of drug-likeness (QED) is 0.494. The Kier molecular flexibility index (Phi) is 3.55. The van der Waals surface area contributed by atoms with Crippen LogP contribution in [0.1, 0.15) is 12.6 Å². The Morgan fingerprint density at radius 3 is 2.44 bits per heavy atom. The third kappa shape index (κ3) is 2.09. The molecule has 1 aromatic rings. The minimum absolute atomic E-state index is 0. The molecular formula is C11H12BLiN2O3. The Morgan fingerprint density at radius 1 is 1.28 bits per heavy atom. The third-order valence-electron chi connectivity index (χ3n) is 3.20. The molecule has 0 spiro atoms. The molecule has 5 nitrogen and oxygen atoms in total. The average Bonchev–Trinajstić information content (AvgIpc) is 2.40. The maximum Gasteiger partial charge on any atom is 1.00 e. The van der Waals surface area contributed by atoms with E-state index in [4.69, 9.17) is 19.2 Å². The summed E-state index contributed by atoms with van der Waals surface area (Å²) < 4.78 is 17.1. The van der Waals surface area contributed by atoms with Gasteiger partial charge in [0.25, 0.3) is 0 Å². The van der Waals surface area contributed by atoms with Gasteiger partial charge in [-0.05, 0) is 11.7 Å². The standard InChI is InChI=1S/C11H12BN2O3.Li/c1-11-6-15-12(16-7-11,17-8-11)10-4-2-3-9(5-13)14-10;/h2-4H,6-8H2,1H3;/q-1;+1. The summed E-state index contributed by atoms with van der Waals surface area (Å²) in [6, 6.07) is 7.18. The maximum atomic E-state index is 8.84. The minimum Gasteiger partial charge on any atom is -0.539 e. The van der Waals surface area contributed by atoms with Gasteiger partial charge in [0, 0.05) is 25.2 Å². The molecule has 2 bridgehead atoms. The normalized spacial score (nSPS) is 33.6. The Morgan fingerprint density at radius 2 is 1.89 bits per heavy atom. The monoisotopic (exact) mass is 238 g/mol. The molecule has 3 aliphatic rings. The molecule has 4 rings (SSSR count). The number of nitrogens with zero attached hydrogens (tertiary/aromatic N) is 2. The van der Waals surface area contributed by atoms with Crippen LogP contribution in [0.4, 0.5) is 0 Å². The Labute approximate surface area is 118 Å². The molecule has 0 aliphatic carbocycles. The van der Waals surface area contributed by atoms with Crippen LogP contribution in [-0.2, 0) is 14.0 Å². The van der Waals surface area contributed by atoms with E-state index in [-0.39, 0.29) is 24.3 Å². The van der Waals surface area contributed by atoms with Crippen molar-refractivity contribution in [2.45, 2.75) is 6.92 Å². The van der Waals surface area contributed by atoms with Gasteiger partial charge in [0.2, 0.25) is 0 Å². The molecule has 3 aliphatic heterocycles. The first-order valence-electron chi connectivity index (χ1n) is 5.59. The van der Waals surface area contributed by atoms with Gasteiger partial charge >= 0.3 is 25.6 Å². The van der Waals surface area contributed by atoms with Crippen LogP contribution in [0.2, 0.25) is 0 Å². The largest absolute Gasteiger partial charge is 1.00 e. The Balaban J connectivity index is 0.00000120. The molecule has 4 heterocycles. The first-order chi connectivity index (χ1) is 8.16. The van der Waals surface area contributed by atoms with Gasteiger partial charge in [0.1, 0.15) is 11.8 Å². The second-order valence-corrected chi connectivity index (χ2v) is 4.95. The van der Waals surface area contributed by atoms with E-state index >= 15 is 0 Å². The predicted molar refractivity (Wildman–Crippen MR) is 60.3 cm³/mol. The number of fused-ring (bicyclic) bond motifs is 3. The van der Waals surface area contributed by atoms with Crippen molar-refractivity contribution in [2.24, 2.45) is 5.41 Å². The Hall–Kier alpha value is -0.818. The first-order valence-corrected chi connectivity index (χ1v) is 5.59. The van der Waals surface area contributed by atoms with Gasteiger partial charge in [0.15, 0.2) is 0 Å². The molecule has 0 saturated carbocycles. The van der Waals surface area contributed by atoms with E-state index in [1.807, 2.05) is 6.07 Å². The topological polar surface area (TPSA) is 64.4 Å². The molecule has 0 N–H and O–H groups in total. The van der Waals surface area contributed by atoms with Crippen molar-refractivity contribution in [3.63, 3.8) is 0 Å². The fraction of sp³-hybridized carbons (Fsp3) is 0.455. The summed E-state index contributed by atoms with van der Waals surface area (Å²) in [5.41, 5.74) is 0.843. The second-order valence-electron chi connectivity index (χ2n) is 4.95. The van der Waals surface area contributed by atoms with Gasteiger partial charge in [-0.2, -0.15) is 5.26 Å². The van der Waals surface area contributed by atoms with Crippen molar-refractivity contribution in [2.75, 3.05) is 19.8 Å². The molecule has 0 radical (unpaired) electrons. The van der Waals surface area contributed by atoms with Crippen LogP contribution in [0.15, 0.2) is 18.2 Å². The zero-order valence-corrected chi connectivity index (χ0v) is 10.5. The van der Waals surface area contributed by atoms with E-state index in [2.05, 4.69) is 11.9 Å². The van der Waals surface area contributed by atoms with Crippen molar-refractivity contribution in [3.05, 3.63) is 23.9 Å². The van der Waals surface area contributed by atoms with Gasteiger partial charge < -0.3 is 14.0 Å². The third-order valence-corrected chi connectivity index (χ3v) is 3.20. The van der Waals surface area contributed by atoms with Crippen LogP contribution >= 0.6 is 0 Å². The van der Waals surface area contributed by atoms with Crippen LogP contribution in [0, 0.1) is 16.7 Å². The van der Waals surface area contributed by atoms with Crippen molar-refractivity contribution >= 4 is 12.3 Å². The molecular weight excluding hydrogens is 226 g/mol. The summed E-state index contributed by atoms with van der Waals surface area (Å²) in [5, 5.41) is 8.84. The van der Waals surface area contributed by atoms with Crippen LogP contribution in [-0.4, -0.2) is 31.6 Å². The maximum absolute atomic E-state index is 8.84. The number of nitriles is 1. The van der Waals surface area contributed by atoms with Gasteiger partial charge in [-0.3, -0.25) is 4.98 Å². The SMILES string of the molecule is CC12CO[B-](c3cccc(C#N)n3)(OC1)OC2.[Li+].